The Morgan fingerprint density at radius 2 is 2.06 bits per heavy atom. The second-order valence-corrected chi connectivity index (χ2v) is 7.02. The molecule has 6 heteroatoms. The number of rotatable bonds is 5. The highest BCUT2D eigenvalue weighted by molar-refractivity contribution is 8.01. The van der Waals surface area contributed by atoms with Gasteiger partial charge in [-0.2, -0.15) is 0 Å². The molecular formula is C12H18N2O2S2. The van der Waals surface area contributed by atoms with E-state index >= 15 is 0 Å². The summed E-state index contributed by atoms with van der Waals surface area (Å²) in [6.45, 7) is 5.74. The van der Waals surface area contributed by atoms with Crippen LogP contribution in [0.15, 0.2) is 21.7 Å². The Morgan fingerprint density at radius 3 is 2.61 bits per heavy atom. The van der Waals surface area contributed by atoms with Crippen LogP contribution in [0.3, 0.4) is 0 Å². The van der Waals surface area contributed by atoms with Crippen molar-refractivity contribution in [3.05, 3.63) is 17.5 Å². The first-order chi connectivity index (χ1) is 8.37. The zero-order valence-corrected chi connectivity index (χ0v) is 12.4. The molecule has 0 radical (unpaired) electrons. The normalized spacial score (nSPS) is 11.1. The molecule has 2 N–H and O–H groups in total. The zero-order chi connectivity index (χ0) is 13.6. The number of hydrogen-bond donors (Lipinski definition) is 2. The standard InChI is InChI=1S/C12H18N2O2S2/c1-12(2,3)14-9(15)7-13-10(16)8-18-11-5-4-6-17-11/h4-6H,7-8H2,1-3H3,(H,13,16)(H,14,15). The van der Waals surface area contributed by atoms with Crippen LogP contribution in [0.25, 0.3) is 0 Å². The Kier molecular flexibility index (Phi) is 5.68. The van der Waals surface area contributed by atoms with Gasteiger partial charge in [0.15, 0.2) is 0 Å². The molecule has 0 aromatic carbocycles. The number of hydrogen-bond acceptors (Lipinski definition) is 4. The number of amides is 2. The number of thioether (sulfide) groups is 1. The van der Waals surface area contributed by atoms with Crippen LogP contribution in [-0.4, -0.2) is 29.7 Å². The smallest absolute Gasteiger partial charge is 0.239 e. The Balaban J connectivity index is 2.19. The Bertz CT molecular complexity index is 397. The van der Waals surface area contributed by atoms with Gasteiger partial charge in [0.25, 0.3) is 0 Å². The zero-order valence-electron chi connectivity index (χ0n) is 10.8. The van der Waals surface area contributed by atoms with Crippen LogP contribution >= 0.6 is 23.1 Å². The number of thiophene rings is 1. The largest absolute Gasteiger partial charge is 0.350 e. The van der Waals surface area contributed by atoms with Crippen molar-refractivity contribution in [3.63, 3.8) is 0 Å². The van der Waals surface area contributed by atoms with Crippen LogP contribution in [0, 0.1) is 0 Å². The minimum Gasteiger partial charge on any atom is -0.350 e. The minimum absolute atomic E-state index is 0.0289. The topological polar surface area (TPSA) is 58.2 Å². The first kappa shape index (κ1) is 15.0. The van der Waals surface area contributed by atoms with E-state index in [2.05, 4.69) is 10.6 Å². The highest BCUT2D eigenvalue weighted by atomic mass is 32.2. The Labute approximate surface area is 116 Å². The molecule has 4 nitrogen and oxygen atoms in total. The van der Waals surface area contributed by atoms with Gasteiger partial charge in [0.2, 0.25) is 11.8 Å². The lowest BCUT2D eigenvalue weighted by Gasteiger charge is -2.20. The van der Waals surface area contributed by atoms with Crippen LogP contribution in [0.4, 0.5) is 0 Å². The summed E-state index contributed by atoms with van der Waals surface area (Å²) in [4.78, 5) is 23.0. The second-order valence-electron chi connectivity index (χ2n) is 4.80. The molecule has 0 atom stereocenters. The van der Waals surface area contributed by atoms with Gasteiger partial charge in [0, 0.05) is 5.54 Å². The summed E-state index contributed by atoms with van der Waals surface area (Å²) >= 11 is 3.08. The molecule has 100 valence electrons. The highest BCUT2D eigenvalue weighted by Gasteiger charge is 2.14. The van der Waals surface area contributed by atoms with E-state index in [1.807, 2.05) is 38.3 Å². The van der Waals surface area contributed by atoms with Crippen molar-refractivity contribution >= 4 is 34.9 Å². The fourth-order valence-electron chi connectivity index (χ4n) is 1.17. The van der Waals surface area contributed by atoms with Crippen LogP contribution in [0.1, 0.15) is 20.8 Å². The van der Waals surface area contributed by atoms with Crippen LogP contribution in [-0.2, 0) is 9.59 Å². The predicted molar refractivity (Wildman–Crippen MR) is 75.9 cm³/mol. The average molecular weight is 286 g/mol. The van der Waals surface area contributed by atoms with Gasteiger partial charge in [-0.15, -0.1) is 23.1 Å². The predicted octanol–water partition coefficient (Wildman–Crippen LogP) is 1.87. The van der Waals surface area contributed by atoms with E-state index in [1.165, 1.54) is 11.8 Å². The lowest BCUT2D eigenvalue weighted by atomic mass is 10.1. The van der Waals surface area contributed by atoms with Gasteiger partial charge < -0.3 is 10.6 Å². The lowest BCUT2D eigenvalue weighted by Crippen LogP contribution is -2.46. The van der Waals surface area contributed by atoms with Gasteiger partial charge >= 0.3 is 0 Å². The van der Waals surface area contributed by atoms with Crippen molar-refractivity contribution in [3.8, 4) is 0 Å². The molecule has 2 amide bonds. The fraction of sp³-hybridized carbons (Fsp3) is 0.500. The van der Waals surface area contributed by atoms with Crippen molar-refractivity contribution in [2.45, 2.75) is 30.5 Å². The van der Waals surface area contributed by atoms with E-state index in [4.69, 9.17) is 0 Å². The first-order valence-corrected chi connectivity index (χ1v) is 7.47. The fourth-order valence-corrected chi connectivity index (χ4v) is 2.79. The maximum atomic E-state index is 11.5. The van der Waals surface area contributed by atoms with Gasteiger partial charge in [0.05, 0.1) is 16.5 Å². The molecule has 0 unspecified atom stereocenters. The van der Waals surface area contributed by atoms with Crippen molar-refractivity contribution in [2.24, 2.45) is 0 Å². The van der Waals surface area contributed by atoms with E-state index < -0.39 is 0 Å². The number of nitrogens with one attached hydrogen (secondary N) is 2. The summed E-state index contributed by atoms with van der Waals surface area (Å²) in [5.41, 5.74) is -0.270. The van der Waals surface area contributed by atoms with Crippen LogP contribution in [0.2, 0.25) is 0 Å². The maximum absolute atomic E-state index is 11.5. The third-order valence-electron chi connectivity index (χ3n) is 1.80. The van der Waals surface area contributed by atoms with Crippen molar-refractivity contribution < 1.29 is 9.59 Å². The van der Waals surface area contributed by atoms with E-state index in [9.17, 15) is 9.59 Å². The maximum Gasteiger partial charge on any atom is 0.239 e. The summed E-state index contributed by atoms with van der Waals surface area (Å²) in [5.74, 6) is 0.0398. The van der Waals surface area contributed by atoms with Crippen LogP contribution in [0.5, 0.6) is 0 Å². The Morgan fingerprint density at radius 1 is 1.33 bits per heavy atom. The monoisotopic (exact) mass is 286 g/mol. The van der Waals surface area contributed by atoms with Crippen molar-refractivity contribution in [2.75, 3.05) is 12.3 Å². The van der Waals surface area contributed by atoms with E-state index in [1.54, 1.807) is 11.3 Å². The minimum atomic E-state index is -0.270. The molecule has 0 bridgehead atoms. The van der Waals surface area contributed by atoms with Gasteiger partial charge in [-0.05, 0) is 32.2 Å². The molecule has 0 aliphatic heterocycles. The number of carbonyl (C=O) groups excluding carboxylic acids is 2. The molecule has 0 aliphatic rings. The third-order valence-corrected chi connectivity index (χ3v) is 3.93. The Hall–Kier alpha value is -1.01. The van der Waals surface area contributed by atoms with Gasteiger partial charge in [-0.3, -0.25) is 9.59 Å². The molecule has 0 saturated carbocycles. The van der Waals surface area contributed by atoms with E-state index in [0.717, 1.165) is 4.21 Å². The molecule has 0 aliphatic carbocycles. The molecule has 1 heterocycles. The lowest BCUT2D eigenvalue weighted by molar-refractivity contribution is -0.125. The van der Waals surface area contributed by atoms with Crippen molar-refractivity contribution in [1.29, 1.82) is 0 Å². The van der Waals surface area contributed by atoms with E-state index in [-0.39, 0.29) is 23.9 Å². The van der Waals surface area contributed by atoms with Gasteiger partial charge in [-0.25, -0.2) is 0 Å². The van der Waals surface area contributed by atoms with Crippen molar-refractivity contribution in [1.82, 2.24) is 10.6 Å². The molecule has 0 fully saturated rings. The second kappa shape index (κ2) is 6.80. The summed E-state index contributed by atoms with van der Waals surface area (Å²) in [7, 11) is 0. The first-order valence-electron chi connectivity index (χ1n) is 5.61. The van der Waals surface area contributed by atoms with Gasteiger partial charge in [0.1, 0.15) is 0 Å². The molecule has 1 aromatic rings. The molecule has 1 rings (SSSR count). The summed E-state index contributed by atoms with van der Waals surface area (Å²) in [6, 6.07) is 3.91. The number of carbonyl (C=O) groups is 2. The summed E-state index contributed by atoms with van der Waals surface area (Å²) in [5, 5.41) is 7.36. The average Bonchev–Trinajstić information content (AvgIpc) is 2.74. The molecule has 0 saturated heterocycles. The summed E-state index contributed by atoms with van der Waals surface area (Å²) in [6.07, 6.45) is 0. The highest BCUT2D eigenvalue weighted by Crippen LogP contribution is 2.22. The van der Waals surface area contributed by atoms with Gasteiger partial charge in [-0.1, -0.05) is 6.07 Å². The molecular weight excluding hydrogens is 268 g/mol. The van der Waals surface area contributed by atoms with E-state index in [0.29, 0.717) is 5.75 Å². The quantitative estimate of drug-likeness (QED) is 0.813. The SMILES string of the molecule is CC(C)(C)NC(=O)CNC(=O)CSc1cccs1. The summed E-state index contributed by atoms with van der Waals surface area (Å²) < 4.78 is 1.10. The third kappa shape index (κ3) is 6.66. The molecule has 1 aromatic heterocycles. The molecule has 18 heavy (non-hydrogen) atoms. The molecule has 0 spiro atoms. The van der Waals surface area contributed by atoms with Crippen LogP contribution < -0.4 is 10.6 Å².